The minimum Gasteiger partial charge on any atom is -0.326 e. The number of anilines is 1. The average molecular weight is 294 g/mol. The zero-order chi connectivity index (χ0) is 11.8. The van der Waals surface area contributed by atoms with E-state index in [-0.39, 0.29) is 11.8 Å². The summed E-state index contributed by atoms with van der Waals surface area (Å²) in [5.41, 5.74) is 0.896. The van der Waals surface area contributed by atoms with Crippen LogP contribution in [0.5, 0.6) is 0 Å². The SMILES string of the molecule is O=C(Nc1cccc(Br)c1)[C@@H]1C[C@H]2CC[C@H]1C2. The molecule has 0 aromatic heterocycles. The van der Waals surface area contributed by atoms with Gasteiger partial charge in [-0.15, -0.1) is 0 Å². The van der Waals surface area contributed by atoms with Gasteiger partial charge in [-0.25, -0.2) is 0 Å². The molecule has 2 nitrogen and oxygen atoms in total. The van der Waals surface area contributed by atoms with Crippen molar-refractivity contribution in [2.45, 2.75) is 25.7 Å². The van der Waals surface area contributed by atoms with Gasteiger partial charge in [0.1, 0.15) is 0 Å². The van der Waals surface area contributed by atoms with Gasteiger partial charge >= 0.3 is 0 Å². The second kappa shape index (κ2) is 4.45. The Labute approximate surface area is 110 Å². The summed E-state index contributed by atoms with van der Waals surface area (Å²) in [6, 6.07) is 7.80. The molecule has 17 heavy (non-hydrogen) atoms. The van der Waals surface area contributed by atoms with E-state index in [4.69, 9.17) is 0 Å². The van der Waals surface area contributed by atoms with Gasteiger partial charge in [0.05, 0.1) is 0 Å². The van der Waals surface area contributed by atoms with Gasteiger partial charge < -0.3 is 5.32 Å². The number of halogens is 1. The van der Waals surface area contributed by atoms with E-state index in [1.54, 1.807) is 0 Å². The third kappa shape index (κ3) is 2.25. The zero-order valence-corrected chi connectivity index (χ0v) is 11.2. The van der Waals surface area contributed by atoms with Crippen molar-refractivity contribution < 1.29 is 4.79 Å². The third-order valence-corrected chi connectivity index (χ3v) is 4.66. The molecule has 0 aliphatic heterocycles. The lowest BCUT2D eigenvalue weighted by Gasteiger charge is -2.20. The van der Waals surface area contributed by atoms with Gasteiger partial charge in [-0.1, -0.05) is 28.4 Å². The molecule has 1 N–H and O–H groups in total. The summed E-state index contributed by atoms with van der Waals surface area (Å²) in [6.45, 7) is 0. The fraction of sp³-hybridized carbons (Fsp3) is 0.500. The van der Waals surface area contributed by atoms with Gasteiger partial charge in [0.25, 0.3) is 0 Å². The van der Waals surface area contributed by atoms with Gasteiger partial charge in [0.2, 0.25) is 5.91 Å². The molecule has 0 radical (unpaired) electrons. The third-order valence-electron chi connectivity index (χ3n) is 4.17. The summed E-state index contributed by atoms with van der Waals surface area (Å²) < 4.78 is 1.00. The molecule has 3 rings (SSSR count). The molecule has 3 heteroatoms. The van der Waals surface area contributed by atoms with Crippen LogP contribution in [0.25, 0.3) is 0 Å². The molecular formula is C14H16BrNO. The molecule has 3 atom stereocenters. The van der Waals surface area contributed by atoms with Crippen LogP contribution in [-0.4, -0.2) is 5.91 Å². The average Bonchev–Trinajstić information content (AvgIpc) is 2.90. The van der Waals surface area contributed by atoms with Crippen LogP contribution >= 0.6 is 15.9 Å². The Balaban J connectivity index is 1.68. The number of amides is 1. The fourth-order valence-corrected chi connectivity index (χ4v) is 3.77. The first-order chi connectivity index (χ1) is 8.22. The quantitative estimate of drug-likeness (QED) is 0.882. The van der Waals surface area contributed by atoms with E-state index in [0.29, 0.717) is 5.92 Å². The summed E-state index contributed by atoms with van der Waals surface area (Å²) in [5.74, 6) is 1.94. The number of rotatable bonds is 2. The highest BCUT2D eigenvalue weighted by molar-refractivity contribution is 9.10. The summed E-state index contributed by atoms with van der Waals surface area (Å²) in [7, 11) is 0. The fourth-order valence-electron chi connectivity index (χ4n) is 3.37. The monoisotopic (exact) mass is 293 g/mol. The molecule has 0 saturated heterocycles. The molecule has 0 spiro atoms. The molecule has 2 fully saturated rings. The van der Waals surface area contributed by atoms with Crippen LogP contribution in [0.4, 0.5) is 5.69 Å². The van der Waals surface area contributed by atoms with Crippen LogP contribution in [-0.2, 0) is 4.79 Å². The minimum atomic E-state index is 0.218. The molecule has 2 saturated carbocycles. The molecule has 2 bridgehead atoms. The first-order valence-electron chi connectivity index (χ1n) is 6.29. The number of carbonyl (C=O) groups excluding carboxylic acids is 1. The van der Waals surface area contributed by atoms with E-state index in [9.17, 15) is 4.79 Å². The summed E-state index contributed by atoms with van der Waals surface area (Å²) in [4.78, 5) is 12.2. The van der Waals surface area contributed by atoms with Gasteiger partial charge in [0.15, 0.2) is 0 Å². The van der Waals surface area contributed by atoms with Gasteiger partial charge in [-0.3, -0.25) is 4.79 Å². The van der Waals surface area contributed by atoms with Crippen molar-refractivity contribution in [1.82, 2.24) is 0 Å². The summed E-state index contributed by atoms with van der Waals surface area (Å²) >= 11 is 3.42. The highest BCUT2D eigenvalue weighted by atomic mass is 79.9. The smallest absolute Gasteiger partial charge is 0.227 e. The molecule has 0 unspecified atom stereocenters. The normalized spacial score (nSPS) is 30.5. The highest BCUT2D eigenvalue weighted by Crippen LogP contribution is 2.48. The first kappa shape index (κ1) is 11.3. The molecule has 2 aliphatic carbocycles. The van der Waals surface area contributed by atoms with Crippen LogP contribution in [0.2, 0.25) is 0 Å². The van der Waals surface area contributed by atoms with E-state index in [0.717, 1.165) is 22.5 Å². The second-order valence-electron chi connectivity index (χ2n) is 5.28. The lowest BCUT2D eigenvalue weighted by molar-refractivity contribution is -0.121. The van der Waals surface area contributed by atoms with Crippen molar-refractivity contribution in [3.8, 4) is 0 Å². The molecule has 2 aliphatic rings. The predicted molar refractivity (Wildman–Crippen MR) is 71.7 cm³/mol. The van der Waals surface area contributed by atoms with E-state index in [1.807, 2.05) is 24.3 Å². The Bertz CT molecular complexity index is 446. The lowest BCUT2D eigenvalue weighted by Crippen LogP contribution is -2.27. The minimum absolute atomic E-state index is 0.218. The van der Waals surface area contributed by atoms with Crippen LogP contribution in [0.15, 0.2) is 28.7 Å². The van der Waals surface area contributed by atoms with Gasteiger partial charge in [-0.2, -0.15) is 0 Å². The molecule has 90 valence electrons. The molecule has 1 aromatic carbocycles. The molecule has 1 amide bonds. The van der Waals surface area contributed by atoms with E-state index in [1.165, 1.54) is 19.3 Å². The lowest BCUT2D eigenvalue weighted by atomic mass is 9.88. The number of nitrogens with one attached hydrogen (secondary N) is 1. The van der Waals surface area contributed by atoms with Crippen LogP contribution in [0, 0.1) is 17.8 Å². The zero-order valence-electron chi connectivity index (χ0n) is 9.66. The van der Waals surface area contributed by atoms with Crippen LogP contribution in [0.3, 0.4) is 0 Å². The topological polar surface area (TPSA) is 29.1 Å². The Morgan fingerprint density at radius 2 is 2.18 bits per heavy atom. The van der Waals surface area contributed by atoms with Crippen molar-refractivity contribution in [2.24, 2.45) is 17.8 Å². The first-order valence-corrected chi connectivity index (χ1v) is 7.08. The predicted octanol–water partition coefficient (Wildman–Crippen LogP) is 3.82. The van der Waals surface area contributed by atoms with Crippen LogP contribution in [0.1, 0.15) is 25.7 Å². The molecule has 1 aromatic rings. The van der Waals surface area contributed by atoms with Crippen molar-refractivity contribution in [1.29, 1.82) is 0 Å². The van der Waals surface area contributed by atoms with E-state index >= 15 is 0 Å². The Morgan fingerprint density at radius 1 is 1.29 bits per heavy atom. The number of benzene rings is 1. The Morgan fingerprint density at radius 3 is 2.82 bits per heavy atom. The molecule has 0 heterocycles. The second-order valence-corrected chi connectivity index (χ2v) is 6.20. The number of hydrogen-bond acceptors (Lipinski definition) is 1. The van der Waals surface area contributed by atoms with Crippen LogP contribution < -0.4 is 5.32 Å². The molecular weight excluding hydrogens is 278 g/mol. The van der Waals surface area contributed by atoms with Crippen molar-refractivity contribution in [3.05, 3.63) is 28.7 Å². The Hall–Kier alpha value is -0.830. The number of fused-ring (bicyclic) bond motifs is 2. The summed E-state index contributed by atoms with van der Waals surface area (Å²) in [6.07, 6.45) is 4.97. The van der Waals surface area contributed by atoms with E-state index in [2.05, 4.69) is 21.2 Å². The maximum Gasteiger partial charge on any atom is 0.227 e. The maximum atomic E-state index is 12.2. The van der Waals surface area contributed by atoms with Crippen molar-refractivity contribution >= 4 is 27.5 Å². The summed E-state index contributed by atoms with van der Waals surface area (Å²) in [5, 5.41) is 3.04. The maximum absolute atomic E-state index is 12.2. The standard InChI is InChI=1S/C14H16BrNO/c15-11-2-1-3-12(8-11)16-14(17)13-7-9-4-5-10(13)6-9/h1-3,8-10,13H,4-7H2,(H,16,17)/t9-,10-,13+/m0/s1. The van der Waals surface area contributed by atoms with E-state index < -0.39 is 0 Å². The highest BCUT2D eigenvalue weighted by Gasteiger charge is 2.42. The largest absolute Gasteiger partial charge is 0.326 e. The Kier molecular flexibility index (Phi) is 2.95. The number of hydrogen-bond donors (Lipinski definition) is 1. The van der Waals surface area contributed by atoms with Gasteiger partial charge in [-0.05, 0) is 49.3 Å². The number of carbonyl (C=O) groups is 1. The van der Waals surface area contributed by atoms with Gasteiger partial charge in [0, 0.05) is 16.1 Å². The van der Waals surface area contributed by atoms with Crippen molar-refractivity contribution in [3.63, 3.8) is 0 Å². The van der Waals surface area contributed by atoms with Crippen molar-refractivity contribution in [2.75, 3.05) is 5.32 Å².